The number of amides is 1. The molecule has 0 aromatic heterocycles. The van der Waals surface area contributed by atoms with Crippen molar-refractivity contribution in [3.63, 3.8) is 0 Å². The second kappa shape index (κ2) is 13.1. The van der Waals surface area contributed by atoms with Crippen LogP contribution in [0.15, 0.2) is 47.5 Å². The molecule has 1 unspecified atom stereocenters. The van der Waals surface area contributed by atoms with Crippen molar-refractivity contribution in [2.45, 2.75) is 32.5 Å². The van der Waals surface area contributed by atoms with Gasteiger partial charge in [0.2, 0.25) is 0 Å². The van der Waals surface area contributed by atoms with Crippen molar-refractivity contribution in [3.05, 3.63) is 59.2 Å². The smallest absolute Gasteiger partial charge is 0.411 e. The van der Waals surface area contributed by atoms with E-state index in [9.17, 15) is 4.79 Å². The largest absolute Gasteiger partial charge is 0.488 e. The molecule has 1 atom stereocenters. The third-order valence-electron chi connectivity index (χ3n) is 4.92. The van der Waals surface area contributed by atoms with Crippen molar-refractivity contribution < 1.29 is 19.0 Å². The molecule has 1 saturated heterocycles. The van der Waals surface area contributed by atoms with Crippen LogP contribution < -0.4 is 20.7 Å². The zero-order valence-electron chi connectivity index (χ0n) is 18.6. The van der Waals surface area contributed by atoms with Crippen LogP contribution in [0.2, 0.25) is 0 Å². The van der Waals surface area contributed by atoms with E-state index in [0.717, 1.165) is 35.5 Å². The number of rotatable bonds is 7. The summed E-state index contributed by atoms with van der Waals surface area (Å²) in [6.07, 6.45) is 0.530. The third kappa shape index (κ3) is 7.86. The summed E-state index contributed by atoms with van der Waals surface area (Å²) >= 11 is 0. The Morgan fingerprint density at radius 2 is 1.91 bits per heavy atom. The second-order valence-electron chi connectivity index (χ2n) is 7.31. The first kappa shape index (κ1) is 25.7. The number of carbonyl (C=O) groups excluding carboxylic acids is 1. The van der Waals surface area contributed by atoms with Crippen molar-refractivity contribution in [3.8, 4) is 5.75 Å². The van der Waals surface area contributed by atoms with Gasteiger partial charge in [0.25, 0.3) is 0 Å². The van der Waals surface area contributed by atoms with E-state index in [2.05, 4.69) is 50.8 Å². The van der Waals surface area contributed by atoms with Gasteiger partial charge < -0.3 is 24.8 Å². The molecule has 1 heterocycles. The maximum absolute atomic E-state index is 11.3. The summed E-state index contributed by atoms with van der Waals surface area (Å²) in [7, 11) is 3.07. The molecule has 1 aliphatic rings. The van der Waals surface area contributed by atoms with Gasteiger partial charge >= 0.3 is 6.09 Å². The molecule has 0 bridgehead atoms. The predicted octanol–water partition coefficient (Wildman–Crippen LogP) is 3.82. The minimum absolute atomic E-state index is 0. The van der Waals surface area contributed by atoms with E-state index in [-0.39, 0.29) is 30.1 Å². The first-order valence-electron chi connectivity index (χ1n) is 10.3. The van der Waals surface area contributed by atoms with Crippen LogP contribution in [0, 0.1) is 6.92 Å². The van der Waals surface area contributed by atoms with Gasteiger partial charge in [-0.1, -0.05) is 24.3 Å². The Hall–Kier alpha value is -2.53. The van der Waals surface area contributed by atoms with E-state index in [1.165, 1.54) is 7.11 Å². The SMILES string of the molecule is CN=C(NCc1ccc(NC(=O)OC)cc1)NCc1ccc(C)cc1OC1CCOC1.I. The van der Waals surface area contributed by atoms with Gasteiger partial charge in [0.05, 0.1) is 20.3 Å². The Morgan fingerprint density at radius 1 is 1.16 bits per heavy atom. The van der Waals surface area contributed by atoms with E-state index < -0.39 is 6.09 Å². The molecule has 32 heavy (non-hydrogen) atoms. The quantitative estimate of drug-likeness (QED) is 0.274. The number of anilines is 1. The van der Waals surface area contributed by atoms with Gasteiger partial charge in [-0.2, -0.15) is 0 Å². The highest BCUT2D eigenvalue weighted by Gasteiger charge is 2.18. The average Bonchev–Trinajstić information content (AvgIpc) is 3.29. The average molecular weight is 554 g/mol. The van der Waals surface area contributed by atoms with E-state index in [4.69, 9.17) is 9.47 Å². The third-order valence-corrected chi connectivity index (χ3v) is 4.92. The van der Waals surface area contributed by atoms with E-state index in [1.54, 1.807) is 7.05 Å². The summed E-state index contributed by atoms with van der Waals surface area (Å²) in [5.74, 6) is 1.57. The summed E-state index contributed by atoms with van der Waals surface area (Å²) < 4.78 is 16.2. The zero-order chi connectivity index (χ0) is 22.1. The molecule has 3 N–H and O–H groups in total. The van der Waals surface area contributed by atoms with E-state index >= 15 is 0 Å². The number of aryl methyl sites for hydroxylation is 1. The number of aliphatic imine (C=N–C) groups is 1. The van der Waals surface area contributed by atoms with Gasteiger partial charge in [0.1, 0.15) is 11.9 Å². The molecule has 174 valence electrons. The van der Waals surface area contributed by atoms with Crippen molar-refractivity contribution in [1.82, 2.24) is 10.6 Å². The molecule has 2 aromatic carbocycles. The van der Waals surface area contributed by atoms with E-state index in [1.807, 2.05) is 24.3 Å². The summed E-state index contributed by atoms with van der Waals surface area (Å²) in [6, 6.07) is 13.7. The molecular formula is C23H31IN4O4. The highest BCUT2D eigenvalue weighted by atomic mass is 127. The van der Waals surface area contributed by atoms with Crippen LogP contribution in [0.4, 0.5) is 10.5 Å². The summed E-state index contributed by atoms with van der Waals surface area (Å²) in [4.78, 5) is 15.6. The molecular weight excluding hydrogens is 523 g/mol. The Morgan fingerprint density at radius 3 is 2.56 bits per heavy atom. The van der Waals surface area contributed by atoms with Crippen LogP contribution >= 0.6 is 24.0 Å². The molecule has 2 aromatic rings. The van der Waals surface area contributed by atoms with Gasteiger partial charge in [-0.3, -0.25) is 10.3 Å². The lowest BCUT2D eigenvalue weighted by Crippen LogP contribution is -2.36. The number of ether oxygens (including phenoxy) is 3. The highest BCUT2D eigenvalue weighted by Crippen LogP contribution is 2.23. The number of halogens is 1. The standard InChI is InChI=1S/C23H30N4O4.HI/c1-16-4-7-18(21(12-16)31-20-10-11-30-15-20)14-26-22(24-2)25-13-17-5-8-19(9-6-17)27-23(28)29-3;/h4-9,12,20H,10-11,13-15H2,1-3H3,(H,27,28)(H2,24,25,26);1H. The van der Waals surface area contributed by atoms with Gasteiger partial charge in [-0.05, 0) is 36.2 Å². The van der Waals surface area contributed by atoms with E-state index in [0.29, 0.717) is 31.3 Å². The van der Waals surface area contributed by atoms with Gasteiger partial charge in [-0.15, -0.1) is 24.0 Å². The van der Waals surface area contributed by atoms with Gasteiger partial charge in [-0.25, -0.2) is 4.79 Å². The maximum atomic E-state index is 11.3. The predicted molar refractivity (Wildman–Crippen MR) is 136 cm³/mol. The summed E-state index contributed by atoms with van der Waals surface area (Å²) in [5, 5.41) is 9.27. The van der Waals surface area contributed by atoms with Crippen LogP contribution in [0.3, 0.4) is 0 Å². The normalized spacial score (nSPS) is 15.5. The van der Waals surface area contributed by atoms with Crippen molar-refractivity contribution in [1.29, 1.82) is 0 Å². The molecule has 1 amide bonds. The number of nitrogens with zero attached hydrogens (tertiary/aromatic N) is 1. The number of guanidine groups is 1. The number of methoxy groups -OCH3 is 1. The Balaban J connectivity index is 0.00000363. The topological polar surface area (TPSA) is 93.2 Å². The number of nitrogens with one attached hydrogen (secondary N) is 3. The van der Waals surface area contributed by atoms with Crippen LogP contribution in [-0.2, 0) is 22.6 Å². The first-order valence-corrected chi connectivity index (χ1v) is 10.3. The lowest BCUT2D eigenvalue weighted by Gasteiger charge is -2.18. The highest BCUT2D eigenvalue weighted by molar-refractivity contribution is 14.0. The number of hydrogen-bond acceptors (Lipinski definition) is 5. The fourth-order valence-corrected chi connectivity index (χ4v) is 3.16. The van der Waals surface area contributed by atoms with Crippen molar-refractivity contribution in [2.75, 3.05) is 32.7 Å². The molecule has 0 spiro atoms. The fourth-order valence-electron chi connectivity index (χ4n) is 3.16. The van der Waals surface area contributed by atoms with Crippen LogP contribution in [-0.4, -0.2) is 45.5 Å². The van der Waals surface area contributed by atoms with Gasteiger partial charge in [0, 0.05) is 37.8 Å². The number of carbonyl (C=O) groups is 1. The first-order chi connectivity index (χ1) is 15.1. The Kier molecular flexibility index (Phi) is 10.5. The van der Waals surface area contributed by atoms with Gasteiger partial charge in [0.15, 0.2) is 5.96 Å². The molecule has 1 aliphatic heterocycles. The minimum atomic E-state index is -0.490. The number of benzene rings is 2. The van der Waals surface area contributed by atoms with Crippen molar-refractivity contribution in [2.24, 2.45) is 4.99 Å². The second-order valence-corrected chi connectivity index (χ2v) is 7.31. The molecule has 0 saturated carbocycles. The van der Waals surface area contributed by atoms with Crippen LogP contribution in [0.1, 0.15) is 23.1 Å². The monoisotopic (exact) mass is 554 g/mol. The molecule has 0 radical (unpaired) electrons. The molecule has 3 rings (SSSR count). The minimum Gasteiger partial charge on any atom is -0.488 e. The number of hydrogen-bond donors (Lipinski definition) is 3. The lowest BCUT2D eigenvalue weighted by molar-refractivity contribution is 0.140. The van der Waals surface area contributed by atoms with Crippen molar-refractivity contribution >= 4 is 41.7 Å². The maximum Gasteiger partial charge on any atom is 0.411 e. The molecule has 1 fully saturated rings. The molecule has 0 aliphatic carbocycles. The fraction of sp³-hybridized carbons (Fsp3) is 0.391. The van der Waals surface area contributed by atoms with Crippen LogP contribution in [0.25, 0.3) is 0 Å². The lowest BCUT2D eigenvalue weighted by atomic mass is 10.1. The summed E-state index contributed by atoms with van der Waals surface area (Å²) in [6.45, 7) is 4.62. The zero-order valence-corrected chi connectivity index (χ0v) is 21.0. The molecule has 9 heteroatoms. The Labute approximate surface area is 206 Å². The summed E-state index contributed by atoms with van der Waals surface area (Å²) in [5.41, 5.74) is 3.96. The Bertz CT molecular complexity index is 899. The molecule has 8 nitrogen and oxygen atoms in total. The van der Waals surface area contributed by atoms with Crippen LogP contribution in [0.5, 0.6) is 5.75 Å².